The molecule has 3 heterocycles. The zero-order chi connectivity index (χ0) is 13.3. The van der Waals surface area contributed by atoms with Crippen molar-refractivity contribution in [1.29, 1.82) is 5.41 Å². The lowest BCUT2D eigenvalue weighted by Crippen LogP contribution is -2.54. The molecule has 3 aliphatic rings. The van der Waals surface area contributed by atoms with Gasteiger partial charge >= 0.3 is 0 Å². The Labute approximate surface area is 113 Å². The molecule has 0 aromatic rings. The third kappa shape index (κ3) is 2.54. The zero-order valence-electron chi connectivity index (χ0n) is 11.2. The van der Waals surface area contributed by atoms with Crippen molar-refractivity contribution in [3.8, 4) is 0 Å². The number of hydrogen-bond donors (Lipinski definition) is 3. The monoisotopic (exact) mass is 266 g/mol. The summed E-state index contributed by atoms with van der Waals surface area (Å²) in [4.78, 5) is 14.4. The van der Waals surface area contributed by atoms with E-state index in [-0.39, 0.29) is 11.5 Å². The van der Waals surface area contributed by atoms with Gasteiger partial charge in [-0.3, -0.25) is 10.2 Å². The Hall–Kier alpha value is -1.30. The highest BCUT2D eigenvalue weighted by Gasteiger charge is 2.40. The maximum Gasteiger partial charge on any atom is 0.225 e. The average Bonchev–Trinajstić information content (AvgIpc) is 2.81. The van der Waals surface area contributed by atoms with Gasteiger partial charge in [-0.05, 0) is 25.7 Å². The Morgan fingerprint density at radius 3 is 2.58 bits per heavy atom. The van der Waals surface area contributed by atoms with Crippen LogP contribution in [0, 0.1) is 11.3 Å². The molecule has 6 nitrogen and oxygen atoms in total. The first-order valence-electron chi connectivity index (χ1n) is 7.16. The first-order chi connectivity index (χ1) is 9.19. The van der Waals surface area contributed by atoms with Crippen molar-refractivity contribution in [3.05, 3.63) is 0 Å². The first-order valence-corrected chi connectivity index (χ1v) is 7.16. The van der Waals surface area contributed by atoms with Gasteiger partial charge in [0.2, 0.25) is 5.91 Å². The molecule has 1 amide bonds. The van der Waals surface area contributed by atoms with Gasteiger partial charge in [-0.1, -0.05) is 0 Å². The van der Waals surface area contributed by atoms with Gasteiger partial charge in [-0.2, -0.15) is 0 Å². The van der Waals surface area contributed by atoms with Crippen molar-refractivity contribution in [1.82, 2.24) is 15.5 Å². The Balaban J connectivity index is 1.54. The molecule has 106 valence electrons. The smallest absolute Gasteiger partial charge is 0.225 e. The fourth-order valence-electron chi connectivity index (χ4n) is 3.27. The second-order valence-corrected chi connectivity index (χ2v) is 5.85. The number of piperidine rings is 1. The maximum absolute atomic E-state index is 12.4. The number of nitrogens with one attached hydrogen (secondary N) is 3. The largest absolute Gasteiger partial charge is 0.381 e. The fraction of sp³-hybridized carbons (Fsp3) is 0.846. The average molecular weight is 266 g/mol. The number of likely N-dealkylation sites (tertiary alicyclic amines) is 1. The summed E-state index contributed by atoms with van der Waals surface area (Å²) < 4.78 is 5.31. The number of nitrogens with zero attached hydrogens (tertiary/aromatic N) is 1. The summed E-state index contributed by atoms with van der Waals surface area (Å²) in [6.07, 6.45) is 3.59. The van der Waals surface area contributed by atoms with Crippen LogP contribution in [-0.4, -0.2) is 55.2 Å². The number of ether oxygens (including phenoxy) is 1. The molecule has 0 radical (unpaired) electrons. The Morgan fingerprint density at radius 1 is 1.32 bits per heavy atom. The maximum atomic E-state index is 12.4. The van der Waals surface area contributed by atoms with Crippen LogP contribution in [0.5, 0.6) is 0 Å². The molecule has 0 aliphatic carbocycles. The number of carbonyl (C=O) groups excluding carboxylic acids is 1. The van der Waals surface area contributed by atoms with E-state index in [9.17, 15) is 4.79 Å². The molecule has 0 saturated carbocycles. The molecule has 3 fully saturated rings. The van der Waals surface area contributed by atoms with Crippen LogP contribution in [0.1, 0.15) is 25.7 Å². The first kappa shape index (κ1) is 12.7. The lowest BCUT2D eigenvalue weighted by molar-refractivity contribution is -0.140. The minimum atomic E-state index is 0.00351. The van der Waals surface area contributed by atoms with Crippen molar-refractivity contribution in [3.63, 3.8) is 0 Å². The molecule has 0 aromatic heterocycles. The molecule has 0 bridgehead atoms. The Kier molecular flexibility index (Phi) is 3.35. The van der Waals surface area contributed by atoms with Crippen molar-refractivity contribution >= 4 is 11.9 Å². The highest BCUT2D eigenvalue weighted by Crippen LogP contribution is 2.26. The topological polar surface area (TPSA) is 77.5 Å². The molecule has 3 saturated heterocycles. The van der Waals surface area contributed by atoms with Gasteiger partial charge in [0, 0.05) is 38.8 Å². The van der Waals surface area contributed by atoms with E-state index in [1.807, 2.05) is 4.90 Å². The van der Waals surface area contributed by atoms with E-state index in [1.165, 1.54) is 0 Å². The molecule has 6 heteroatoms. The van der Waals surface area contributed by atoms with Crippen molar-refractivity contribution < 1.29 is 9.53 Å². The number of rotatable bonds is 1. The molecule has 3 rings (SSSR count). The number of hydrogen-bond acceptors (Lipinski definition) is 3. The minimum Gasteiger partial charge on any atom is -0.381 e. The summed E-state index contributed by atoms with van der Waals surface area (Å²) in [6, 6.07) is 0. The van der Waals surface area contributed by atoms with Crippen LogP contribution in [0.4, 0.5) is 0 Å². The summed E-state index contributed by atoms with van der Waals surface area (Å²) in [6.45, 7) is 3.86. The van der Waals surface area contributed by atoms with Crippen molar-refractivity contribution in [2.75, 3.05) is 32.8 Å². The van der Waals surface area contributed by atoms with E-state index >= 15 is 0 Å². The zero-order valence-corrected chi connectivity index (χ0v) is 11.2. The van der Waals surface area contributed by atoms with Crippen molar-refractivity contribution in [2.45, 2.75) is 31.2 Å². The molecule has 3 N–H and O–H groups in total. The molecular formula is C13H22N4O2. The van der Waals surface area contributed by atoms with Gasteiger partial charge in [-0.25, -0.2) is 0 Å². The molecule has 0 aromatic carbocycles. The minimum absolute atomic E-state index is 0.00351. The summed E-state index contributed by atoms with van der Waals surface area (Å²) in [5.41, 5.74) is 0.00351. The third-order valence-electron chi connectivity index (χ3n) is 4.60. The molecule has 0 atom stereocenters. The molecule has 19 heavy (non-hydrogen) atoms. The van der Waals surface area contributed by atoms with E-state index in [1.54, 1.807) is 0 Å². The van der Waals surface area contributed by atoms with E-state index in [2.05, 4.69) is 10.6 Å². The van der Waals surface area contributed by atoms with E-state index in [0.717, 1.165) is 58.5 Å². The number of carbonyl (C=O) groups is 1. The molecule has 1 spiro atoms. The number of amides is 1. The predicted octanol–water partition coefficient (Wildman–Crippen LogP) is -0.0982. The predicted molar refractivity (Wildman–Crippen MR) is 71.0 cm³/mol. The number of guanidine groups is 1. The Bertz CT molecular complexity index is 371. The SMILES string of the molecule is N=C1NCC2(CCN(C(=O)C3CCOCC3)CC2)N1. The van der Waals surface area contributed by atoms with Gasteiger partial charge in [-0.15, -0.1) is 0 Å². The second-order valence-electron chi connectivity index (χ2n) is 5.85. The van der Waals surface area contributed by atoms with Crippen LogP contribution < -0.4 is 10.6 Å². The summed E-state index contributed by atoms with van der Waals surface area (Å²) in [7, 11) is 0. The lowest BCUT2D eigenvalue weighted by Gasteiger charge is -2.40. The van der Waals surface area contributed by atoms with Crippen LogP contribution >= 0.6 is 0 Å². The fourth-order valence-corrected chi connectivity index (χ4v) is 3.27. The van der Waals surface area contributed by atoms with E-state index < -0.39 is 0 Å². The highest BCUT2D eigenvalue weighted by atomic mass is 16.5. The van der Waals surface area contributed by atoms with Gasteiger partial charge in [0.15, 0.2) is 5.96 Å². The van der Waals surface area contributed by atoms with Crippen LogP contribution in [-0.2, 0) is 9.53 Å². The van der Waals surface area contributed by atoms with Crippen LogP contribution in [0.3, 0.4) is 0 Å². The summed E-state index contributed by atoms with van der Waals surface area (Å²) in [5.74, 6) is 0.888. The Morgan fingerprint density at radius 2 is 2.00 bits per heavy atom. The molecule has 0 unspecified atom stereocenters. The third-order valence-corrected chi connectivity index (χ3v) is 4.60. The standard InChI is InChI=1S/C13H22N4O2/c14-12-15-9-13(16-12)3-5-17(6-4-13)11(18)10-1-7-19-8-2-10/h10H,1-9H2,(H3,14,15,16). The second kappa shape index (κ2) is 5.00. The quantitative estimate of drug-likeness (QED) is 0.619. The lowest BCUT2D eigenvalue weighted by atomic mass is 9.87. The van der Waals surface area contributed by atoms with E-state index in [4.69, 9.17) is 10.1 Å². The van der Waals surface area contributed by atoms with Gasteiger partial charge < -0.3 is 20.3 Å². The highest BCUT2D eigenvalue weighted by molar-refractivity contribution is 5.81. The van der Waals surface area contributed by atoms with Gasteiger partial charge in [0.25, 0.3) is 0 Å². The summed E-state index contributed by atoms with van der Waals surface area (Å²) in [5, 5.41) is 13.9. The normalized spacial score (nSPS) is 27.2. The molecule has 3 aliphatic heterocycles. The van der Waals surface area contributed by atoms with Gasteiger partial charge in [0.1, 0.15) is 0 Å². The van der Waals surface area contributed by atoms with Crippen molar-refractivity contribution in [2.24, 2.45) is 5.92 Å². The van der Waals surface area contributed by atoms with E-state index in [0.29, 0.717) is 11.9 Å². The van der Waals surface area contributed by atoms with Crippen LogP contribution in [0.25, 0.3) is 0 Å². The van der Waals surface area contributed by atoms with Gasteiger partial charge in [0.05, 0.1) is 5.54 Å². The van der Waals surface area contributed by atoms with Crippen LogP contribution in [0.2, 0.25) is 0 Å². The molecular weight excluding hydrogens is 244 g/mol. The summed E-state index contributed by atoms with van der Waals surface area (Å²) >= 11 is 0. The van der Waals surface area contributed by atoms with Crippen LogP contribution in [0.15, 0.2) is 0 Å².